The first-order chi connectivity index (χ1) is 8.90. The van der Waals surface area contributed by atoms with Gasteiger partial charge in [-0.05, 0) is 47.6 Å². The van der Waals surface area contributed by atoms with Gasteiger partial charge in [0.2, 0.25) is 0 Å². The lowest BCUT2D eigenvalue weighted by atomic mass is 10.1. The Morgan fingerprint density at radius 1 is 1.22 bits per heavy atom. The van der Waals surface area contributed by atoms with Gasteiger partial charge < -0.3 is 5.32 Å². The molecule has 0 aliphatic rings. The smallest absolute Gasteiger partial charge is 0.0346 e. The van der Waals surface area contributed by atoms with Gasteiger partial charge in [0.15, 0.2) is 0 Å². The predicted molar refractivity (Wildman–Crippen MR) is 81.1 cm³/mol. The van der Waals surface area contributed by atoms with Crippen molar-refractivity contribution in [3.8, 4) is 0 Å². The van der Waals surface area contributed by atoms with Gasteiger partial charge in [-0.25, -0.2) is 0 Å². The van der Waals surface area contributed by atoms with Crippen LogP contribution in [0.5, 0.6) is 0 Å². The van der Waals surface area contributed by atoms with Crippen LogP contribution in [0.1, 0.15) is 18.9 Å². The molecule has 0 unspecified atom stereocenters. The van der Waals surface area contributed by atoms with E-state index < -0.39 is 0 Å². The van der Waals surface area contributed by atoms with Gasteiger partial charge >= 0.3 is 0 Å². The second-order valence-electron chi connectivity index (χ2n) is 4.28. The van der Waals surface area contributed by atoms with Gasteiger partial charge in [0.05, 0.1) is 0 Å². The van der Waals surface area contributed by atoms with Crippen molar-refractivity contribution in [1.29, 1.82) is 0 Å². The van der Waals surface area contributed by atoms with E-state index in [1.165, 1.54) is 34.3 Å². The van der Waals surface area contributed by atoms with Crippen molar-refractivity contribution < 1.29 is 0 Å². The van der Waals surface area contributed by atoms with Crippen LogP contribution in [0, 0.1) is 0 Å². The van der Waals surface area contributed by atoms with Crippen LogP contribution >= 0.6 is 11.8 Å². The monoisotopic (exact) mass is 260 g/mol. The molecule has 0 fully saturated rings. The van der Waals surface area contributed by atoms with Crippen molar-refractivity contribution in [3.05, 3.63) is 42.2 Å². The molecule has 0 spiro atoms. The molecule has 0 amide bonds. The second kappa shape index (κ2) is 7.39. The molecule has 0 radical (unpaired) electrons. The molecule has 2 aromatic rings. The summed E-state index contributed by atoms with van der Waals surface area (Å²) in [5.41, 5.74) is 1.34. The van der Waals surface area contributed by atoms with Crippen LogP contribution in [0.3, 0.4) is 0 Å². The van der Waals surface area contributed by atoms with Gasteiger partial charge in [0.25, 0.3) is 0 Å². The number of nitrogens with one attached hydrogen (secondary N) is 1. The highest BCUT2D eigenvalue weighted by atomic mass is 32.2. The number of pyridine rings is 1. The van der Waals surface area contributed by atoms with Crippen LogP contribution < -0.4 is 5.32 Å². The number of nitrogens with zero attached hydrogens (tertiary/aromatic N) is 1. The molecule has 96 valence electrons. The minimum atomic E-state index is 0.953. The zero-order chi connectivity index (χ0) is 12.6. The van der Waals surface area contributed by atoms with Crippen LogP contribution in [0.4, 0.5) is 0 Å². The minimum Gasteiger partial charge on any atom is -0.313 e. The van der Waals surface area contributed by atoms with Gasteiger partial charge in [-0.3, -0.25) is 4.98 Å². The first-order valence-corrected chi connectivity index (χ1v) is 7.66. The molecule has 0 aliphatic carbocycles. The Hall–Kier alpha value is -1.06. The Bertz CT molecular complexity index is 485. The molecule has 3 heteroatoms. The molecule has 18 heavy (non-hydrogen) atoms. The summed E-state index contributed by atoms with van der Waals surface area (Å²) in [6, 6.07) is 8.63. The lowest BCUT2D eigenvalue weighted by molar-refractivity contribution is 0.679. The number of rotatable bonds is 7. The van der Waals surface area contributed by atoms with Gasteiger partial charge in [0.1, 0.15) is 0 Å². The Morgan fingerprint density at radius 3 is 3.06 bits per heavy atom. The van der Waals surface area contributed by atoms with E-state index in [1.807, 2.05) is 24.2 Å². The zero-order valence-electron chi connectivity index (χ0n) is 10.9. The maximum Gasteiger partial charge on any atom is 0.0346 e. The first-order valence-electron chi connectivity index (χ1n) is 6.51. The molecular formula is C15H20N2S. The Balaban J connectivity index is 1.81. The van der Waals surface area contributed by atoms with E-state index >= 15 is 0 Å². The fourth-order valence-corrected chi connectivity index (χ4v) is 2.56. The van der Waals surface area contributed by atoms with E-state index in [4.69, 9.17) is 0 Å². The van der Waals surface area contributed by atoms with Crippen molar-refractivity contribution in [2.24, 2.45) is 0 Å². The Morgan fingerprint density at radius 2 is 2.17 bits per heavy atom. The highest BCUT2D eigenvalue weighted by Crippen LogP contribution is 2.14. The van der Waals surface area contributed by atoms with Gasteiger partial charge in [-0.15, -0.1) is 0 Å². The molecule has 0 saturated heterocycles. The molecule has 0 aliphatic heterocycles. The standard InChI is InChI=1S/C15H20N2S/c1-2-18-9-3-7-16-11-13-4-5-15-12-17-8-6-14(15)10-13/h4-6,8,10,12,16H,2-3,7,9,11H2,1H3. The predicted octanol–water partition coefficient (Wildman–Crippen LogP) is 3.47. The van der Waals surface area contributed by atoms with Crippen LogP contribution in [0.2, 0.25) is 0 Å². The maximum absolute atomic E-state index is 4.13. The number of aromatic nitrogens is 1. The summed E-state index contributed by atoms with van der Waals surface area (Å²) in [5, 5.41) is 5.97. The molecule has 1 N–H and O–H groups in total. The molecule has 0 atom stereocenters. The summed E-state index contributed by atoms with van der Waals surface area (Å²) in [4.78, 5) is 4.13. The van der Waals surface area contributed by atoms with E-state index in [0.29, 0.717) is 0 Å². The number of hydrogen-bond donors (Lipinski definition) is 1. The SMILES string of the molecule is CCSCCCNCc1ccc2cnccc2c1. The second-order valence-corrected chi connectivity index (χ2v) is 5.68. The Labute approximate surface area is 113 Å². The van der Waals surface area contributed by atoms with Crippen LogP contribution in [0.15, 0.2) is 36.7 Å². The summed E-state index contributed by atoms with van der Waals surface area (Å²) in [7, 11) is 0. The number of hydrogen-bond acceptors (Lipinski definition) is 3. The van der Waals surface area contributed by atoms with Gasteiger partial charge in [-0.1, -0.05) is 19.1 Å². The van der Waals surface area contributed by atoms with Crippen molar-refractivity contribution in [2.75, 3.05) is 18.1 Å². The normalized spacial score (nSPS) is 10.9. The number of fused-ring (bicyclic) bond motifs is 1. The fraction of sp³-hybridized carbons (Fsp3) is 0.400. The average molecular weight is 260 g/mol. The number of thioether (sulfide) groups is 1. The summed E-state index contributed by atoms with van der Waals surface area (Å²) < 4.78 is 0. The molecule has 1 aromatic carbocycles. The lowest BCUT2D eigenvalue weighted by Crippen LogP contribution is -2.15. The van der Waals surface area contributed by atoms with Crippen molar-refractivity contribution in [1.82, 2.24) is 10.3 Å². The fourth-order valence-electron chi connectivity index (χ4n) is 1.92. The quantitative estimate of drug-likeness (QED) is 0.772. The maximum atomic E-state index is 4.13. The summed E-state index contributed by atoms with van der Waals surface area (Å²) in [6.45, 7) is 4.26. The first kappa shape index (κ1) is 13.4. The zero-order valence-corrected chi connectivity index (χ0v) is 11.7. The highest BCUT2D eigenvalue weighted by molar-refractivity contribution is 7.99. The van der Waals surface area contributed by atoms with E-state index in [2.05, 4.69) is 41.5 Å². The summed E-state index contributed by atoms with van der Waals surface area (Å²) in [6.07, 6.45) is 5.01. The molecule has 0 bridgehead atoms. The third-order valence-electron chi connectivity index (χ3n) is 2.88. The van der Waals surface area contributed by atoms with Gasteiger partial charge in [-0.2, -0.15) is 11.8 Å². The highest BCUT2D eigenvalue weighted by Gasteiger charge is 1.96. The lowest BCUT2D eigenvalue weighted by Gasteiger charge is -2.06. The van der Waals surface area contributed by atoms with Crippen LogP contribution in [-0.2, 0) is 6.54 Å². The third kappa shape index (κ3) is 4.00. The van der Waals surface area contributed by atoms with E-state index in [-0.39, 0.29) is 0 Å². The van der Waals surface area contributed by atoms with Gasteiger partial charge in [0, 0.05) is 24.3 Å². The average Bonchev–Trinajstić information content (AvgIpc) is 2.42. The van der Waals surface area contributed by atoms with E-state index in [0.717, 1.165) is 13.1 Å². The molecular weight excluding hydrogens is 240 g/mol. The summed E-state index contributed by atoms with van der Waals surface area (Å²) >= 11 is 2.01. The molecule has 2 nitrogen and oxygen atoms in total. The van der Waals surface area contributed by atoms with Crippen LogP contribution in [-0.4, -0.2) is 23.0 Å². The molecule has 1 heterocycles. The molecule has 1 aromatic heterocycles. The summed E-state index contributed by atoms with van der Waals surface area (Å²) in [5.74, 6) is 2.48. The minimum absolute atomic E-state index is 0.953. The topological polar surface area (TPSA) is 24.9 Å². The van der Waals surface area contributed by atoms with E-state index in [1.54, 1.807) is 0 Å². The van der Waals surface area contributed by atoms with E-state index in [9.17, 15) is 0 Å². The van der Waals surface area contributed by atoms with Crippen LogP contribution in [0.25, 0.3) is 10.8 Å². The van der Waals surface area contributed by atoms with Crippen molar-refractivity contribution in [3.63, 3.8) is 0 Å². The van der Waals surface area contributed by atoms with Crippen molar-refractivity contribution in [2.45, 2.75) is 19.9 Å². The largest absolute Gasteiger partial charge is 0.313 e. The molecule has 2 rings (SSSR count). The number of benzene rings is 1. The van der Waals surface area contributed by atoms with Crippen molar-refractivity contribution >= 4 is 22.5 Å². The third-order valence-corrected chi connectivity index (χ3v) is 3.87. The molecule has 0 saturated carbocycles. The Kier molecular flexibility index (Phi) is 5.49.